The zero-order valence-corrected chi connectivity index (χ0v) is 18.5. The van der Waals surface area contributed by atoms with Crippen LogP contribution >= 0.6 is 11.6 Å². The lowest BCUT2D eigenvalue weighted by molar-refractivity contribution is -0.116. The zero-order valence-electron chi connectivity index (χ0n) is 17.8. The van der Waals surface area contributed by atoms with Crippen molar-refractivity contribution in [3.63, 3.8) is 0 Å². The van der Waals surface area contributed by atoms with Crippen LogP contribution in [0.25, 0.3) is 6.08 Å². The highest BCUT2D eigenvalue weighted by molar-refractivity contribution is 6.32. The first-order valence-corrected chi connectivity index (χ1v) is 10.7. The molecule has 1 heterocycles. The Kier molecular flexibility index (Phi) is 7.93. The number of hydrogen-bond donors (Lipinski definition) is 1. The van der Waals surface area contributed by atoms with Crippen molar-refractivity contribution < 1.29 is 23.4 Å². The Labute approximate surface area is 187 Å². The van der Waals surface area contributed by atoms with Crippen LogP contribution in [0.3, 0.4) is 0 Å². The number of rotatable bonds is 8. The lowest BCUT2D eigenvalue weighted by atomic mass is 9.74. The van der Waals surface area contributed by atoms with Gasteiger partial charge in [0.1, 0.15) is 5.82 Å². The number of nitrogens with one attached hydrogen (secondary N) is 1. The highest BCUT2D eigenvalue weighted by Gasteiger charge is 2.34. The van der Waals surface area contributed by atoms with E-state index >= 15 is 0 Å². The number of carbonyl (C=O) groups is 1. The molecule has 0 aromatic heterocycles. The van der Waals surface area contributed by atoms with Crippen molar-refractivity contribution in [1.29, 1.82) is 0 Å². The minimum absolute atomic E-state index is 0.225. The van der Waals surface area contributed by atoms with E-state index in [1.807, 2.05) is 6.92 Å². The van der Waals surface area contributed by atoms with Crippen LogP contribution in [0.4, 0.5) is 4.39 Å². The summed E-state index contributed by atoms with van der Waals surface area (Å²) in [5.41, 5.74) is 1.45. The molecule has 0 unspecified atom stereocenters. The lowest BCUT2D eigenvalue weighted by Crippen LogP contribution is -2.44. The molecule has 0 saturated carbocycles. The van der Waals surface area contributed by atoms with Gasteiger partial charge in [0.05, 0.1) is 18.7 Å². The topological polar surface area (TPSA) is 56.8 Å². The summed E-state index contributed by atoms with van der Waals surface area (Å²) in [5.74, 6) is 0.486. The van der Waals surface area contributed by atoms with Crippen molar-refractivity contribution >= 4 is 23.6 Å². The van der Waals surface area contributed by atoms with Gasteiger partial charge in [-0.05, 0) is 61.2 Å². The molecule has 1 aliphatic heterocycles. The van der Waals surface area contributed by atoms with Gasteiger partial charge in [0.15, 0.2) is 11.5 Å². The fourth-order valence-electron chi connectivity index (χ4n) is 3.74. The molecule has 0 bridgehead atoms. The first kappa shape index (κ1) is 23.1. The number of benzene rings is 2. The fourth-order valence-corrected chi connectivity index (χ4v) is 4.01. The number of amides is 1. The van der Waals surface area contributed by atoms with E-state index in [1.54, 1.807) is 30.3 Å². The van der Waals surface area contributed by atoms with Crippen LogP contribution in [0.5, 0.6) is 11.5 Å². The summed E-state index contributed by atoms with van der Waals surface area (Å²) in [6, 6.07) is 9.97. The van der Waals surface area contributed by atoms with Gasteiger partial charge in [-0.1, -0.05) is 23.7 Å². The van der Waals surface area contributed by atoms with E-state index in [4.69, 9.17) is 25.8 Å². The summed E-state index contributed by atoms with van der Waals surface area (Å²) >= 11 is 6.29. The first-order valence-electron chi connectivity index (χ1n) is 10.3. The van der Waals surface area contributed by atoms with E-state index < -0.39 is 0 Å². The molecule has 31 heavy (non-hydrogen) atoms. The van der Waals surface area contributed by atoms with Gasteiger partial charge >= 0.3 is 0 Å². The normalized spacial score (nSPS) is 15.6. The van der Waals surface area contributed by atoms with Gasteiger partial charge in [0, 0.05) is 31.2 Å². The third-order valence-electron chi connectivity index (χ3n) is 5.48. The van der Waals surface area contributed by atoms with Gasteiger partial charge in [-0.25, -0.2) is 4.39 Å². The second kappa shape index (κ2) is 10.6. The van der Waals surface area contributed by atoms with Crippen LogP contribution in [-0.2, 0) is 14.9 Å². The fraction of sp³-hybridized carbons (Fsp3) is 0.375. The standard InChI is InChI=1S/C24H27ClFNO4/c1-3-31-23-20(25)14-17(15-21(23)29-2)4-9-22(28)27-16-24(10-12-30-13-11-24)18-5-7-19(26)8-6-18/h4-9,14-15H,3,10-13,16H2,1-2H3,(H,27,28)/b9-4+. The minimum atomic E-state index is -0.277. The minimum Gasteiger partial charge on any atom is -0.493 e. The molecule has 1 aliphatic rings. The second-order valence-corrected chi connectivity index (χ2v) is 7.83. The number of methoxy groups -OCH3 is 1. The third-order valence-corrected chi connectivity index (χ3v) is 5.76. The number of halogens is 2. The molecule has 1 saturated heterocycles. The summed E-state index contributed by atoms with van der Waals surface area (Å²) in [6.45, 7) is 3.99. The van der Waals surface area contributed by atoms with Gasteiger partial charge in [0.25, 0.3) is 0 Å². The van der Waals surface area contributed by atoms with Crippen LogP contribution in [0.1, 0.15) is 30.9 Å². The number of ether oxygens (including phenoxy) is 3. The molecule has 2 aromatic rings. The van der Waals surface area contributed by atoms with Crippen LogP contribution in [-0.4, -0.2) is 39.4 Å². The Morgan fingerprint density at radius 2 is 1.97 bits per heavy atom. The quantitative estimate of drug-likeness (QED) is 0.592. The Bertz CT molecular complexity index is 924. The van der Waals surface area contributed by atoms with Gasteiger partial charge in [-0.15, -0.1) is 0 Å². The molecule has 0 radical (unpaired) electrons. The summed E-state index contributed by atoms with van der Waals surface area (Å²) in [6.07, 6.45) is 4.65. The molecule has 0 aliphatic carbocycles. The van der Waals surface area contributed by atoms with E-state index in [0.717, 1.165) is 24.0 Å². The van der Waals surface area contributed by atoms with Crippen molar-refractivity contribution in [3.05, 3.63) is 64.4 Å². The van der Waals surface area contributed by atoms with E-state index in [1.165, 1.54) is 25.3 Å². The Morgan fingerprint density at radius 3 is 2.61 bits per heavy atom. The van der Waals surface area contributed by atoms with E-state index in [-0.39, 0.29) is 17.1 Å². The van der Waals surface area contributed by atoms with Crippen LogP contribution in [0.2, 0.25) is 5.02 Å². The summed E-state index contributed by atoms with van der Waals surface area (Å²) in [5, 5.41) is 3.40. The molecule has 1 N–H and O–H groups in total. The van der Waals surface area contributed by atoms with Crippen LogP contribution in [0, 0.1) is 5.82 Å². The molecule has 0 atom stereocenters. The molecule has 5 nitrogen and oxygen atoms in total. The summed E-state index contributed by atoms with van der Waals surface area (Å²) < 4.78 is 29.7. The summed E-state index contributed by atoms with van der Waals surface area (Å²) in [4.78, 5) is 12.5. The summed E-state index contributed by atoms with van der Waals surface area (Å²) in [7, 11) is 1.54. The SMILES string of the molecule is CCOc1c(Cl)cc(/C=C/C(=O)NCC2(c3ccc(F)cc3)CCOCC2)cc1OC. The molecular formula is C24H27ClFNO4. The van der Waals surface area contributed by atoms with Crippen molar-refractivity contribution in [2.24, 2.45) is 0 Å². The van der Waals surface area contributed by atoms with Crippen molar-refractivity contribution in [1.82, 2.24) is 5.32 Å². The average Bonchev–Trinajstić information content (AvgIpc) is 2.79. The maximum atomic E-state index is 13.4. The molecule has 1 amide bonds. The Balaban J connectivity index is 1.70. The largest absolute Gasteiger partial charge is 0.493 e. The monoisotopic (exact) mass is 447 g/mol. The van der Waals surface area contributed by atoms with Crippen molar-refractivity contribution in [2.45, 2.75) is 25.2 Å². The van der Waals surface area contributed by atoms with Crippen LogP contribution < -0.4 is 14.8 Å². The van der Waals surface area contributed by atoms with E-state index in [0.29, 0.717) is 42.9 Å². The first-order chi connectivity index (χ1) is 15.0. The lowest BCUT2D eigenvalue weighted by Gasteiger charge is -2.37. The molecule has 166 valence electrons. The second-order valence-electron chi connectivity index (χ2n) is 7.42. The van der Waals surface area contributed by atoms with Gasteiger partial charge in [-0.3, -0.25) is 4.79 Å². The van der Waals surface area contributed by atoms with Gasteiger partial charge < -0.3 is 19.5 Å². The maximum absolute atomic E-state index is 13.4. The van der Waals surface area contributed by atoms with E-state index in [9.17, 15) is 9.18 Å². The van der Waals surface area contributed by atoms with Crippen molar-refractivity contribution in [2.75, 3.05) is 33.5 Å². The average molecular weight is 448 g/mol. The predicted octanol–water partition coefficient (Wildman–Crippen LogP) is 4.76. The van der Waals surface area contributed by atoms with Crippen LogP contribution in [0.15, 0.2) is 42.5 Å². The smallest absolute Gasteiger partial charge is 0.244 e. The number of carbonyl (C=O) groups excluding carboxylic acids is 1. The van der Waals surface area contributed by atoms with E-state index in [2.05, 4.69) is 5.32 Å². The molecule has 7 heteroatoms. The Morgan fingerprint density at radius 1 is 1.26 bits per heavy atom. The van der Waals surface area contributed by atoms with Gasteiger partial charge in [-0.2, -0.15) is 0 Å². The maximum Gasteiger partial charge on any atom is 0.244 e. The highest BCUT2D eigenvalue weighted by Crippen LogP contribution is 2.37. The van der Waals surface area contributed by atoms with Gasteiger partial charge in [0.2, 0.25) is 5.91 Å². The molecule has 3 rings (SSSR count). The number of hydrogen-bond acceptors (Lipinski definition) is 4. The predicted molar refractivity (Wildman–Crippen MR) is 119 cm³/mol. The Hall–Kier alpha value is -2.57. The zero-order chi connectivity index (χ0) is 22.3. The molecule has 0 spiro atoms. The molecule has 2 aromatic carbocycles. The third kappa shape index (κ3) is 5.77. The highest BCUT2D eigenvalue weighted by atomic mass is 35.5. The molecular weight excluding hydrogens is 421 g/mol. The molecule has 1 fully saturated rings. The van der Waals surface area contributed by atoms with Crippen molar-refractivity contribution in [3.8, 4) is 11.5 Å².